The lowest BCUT2D eigenvalue weighted by Gasteiger charge is -2.29. The third kappa shape index (κ3) is 3.32. The van der Waals surface area contributed by atoms with Crippen molar-refractivity contribution in [1.82, 2.24) is 4.98 Å². The molecule has 2 heterocycles. The van der Waals surface area contributed by atoms with Gasteiger partial charge in [-0.05, 0) is 44.2 Å². The number of aryl methyl sites for hydroxylation is 3. The Morgan fingerprint density at radius 3 is 3.05 bits per heavy atom. The minimum Gasteiger partial charge on any atom is -0.312 e. The topological polar surface area (TPSA) is 33.2 Å². The van der Waals surface area contributed by atoms with Gasteiger partial charge in [0.05, 0.1) is 10.7 Å². The van der Waals surface area contributed by atoms with E-state index in [2.05, 4.69) is 28.6 Å². The summed E-state index contributed by atoms with van der Waals surface area (Å²) in [6, 6.07) is 8.27. The third-order valence-corrected chi connectivity index (χ3v) is 4.72. The number of carbonyl (C=O) groups is 1. The SMILES string of the molecule is Cc1nc(CCCC(=O)N2CCCc3ccccc32)cs1. The van der Waals surface area contributed by atoms with Gasteiger partial charge in [0.15, 0.2) is 0 Å². The Labute approximate surface area is 129 Å². The van der Waals surface area contributed by atoms with Crippen LogP contribution in [0.4, 0.5) is 5.69 Å². The Hall–Kier alpha value is -1.68. The van der Waals surface area contributed by atoms with Gasteiger partial charge in [-0.1, -0.05) is 18.2 Å². The highest BCUT2D eigenvalue weighted by atomic mass is 32.1. The largest absolute Gasteiger partial charge is 0.312 e. The fraction of sp³-hybridized carbons (Fsp3) is 0.412. The van der Waals surface area contributed by atoms with Crippen LogP contribution in [0.5, 0.6) is 0 Å². The molecule has 110 valence electrons. The Morgan fingerprint density at radius 1 is 1.38 bits per heavy atom. The maximum absolute atomic E-state index is 12.5. The van der Waals surface area contributed by atoms with E-state index >= 15 is 0 Å². The second kappa shape index (κ2) is 6.39. The molecule has 0 radical (unpaired) electrons. The predicted octanol–water partition coefficient (Wildman–Crippen LogP) is 3.75. The summed E-state index contributed by atoms with van der Waals surface area (Å²) in [7, 11) is 0. The number of anilines is 1. The molecule has 0 unspecified atom stereocenters. The van der Waals surface area contributed by atoms with Crippen LogP contribution in [0, 0.1) is 6.92 Å². The van der Waals surface area contributed by atoms with Crippen molar-refractivity contribution < 1.29 is 4.79 Å². The van der Waals surface area contributed by atoms with Crippen LogP contribution in [-0.4, -0.2) is 17.4 Å². The smallest absolute Gasteiger partial charge is 0.226 e. The summed E-state index contributed by atoms with van der Waals surface area (Å²) in [6.45, 7) is 2.87. The van der Waals surface area contributed by atoms with Gasteiger partial charge in [0.25, 0.3) is 0 Å². The molecule has 3 rings (SSSR count). The molecule has 2 aromatic rings. The van der Waals surface area contributed by atoms with E-state index in [-0.39, 0.29) is 5.91 Å². The Bertz CT molecular complexity index is 635. The summed E-state index contributed by atoms with van der Waals surface area (Å²) < 4.78 is 0. The molecule has 0 saturated carbocycles. The standard InChI is InChI=1S/C17H20N2OS/c1-13-18-15(12-21-13)8-4-10-17(20)19-11-5-7-14-6-2-3-9-16(14)19/h2-3,6,9,12H,4-5,7-8,10-11H2,1H3. The number of rotatable bonds is 4. The zero-order chi connectivity index (χ0) is 14.7. The molecule has 4 heteroatoms. The summed E-state index contributed by atoms with van der Waals surface area (Å²) in [6.07, 6.45) is 4.52. The summed E-state index contributed by atoms with van der Waals surface area (Å²) in [5.41, 5.74) is 3.52. The van der Waals surface area contributed by atoms with Crippen LogP contribution in [-0.2, 0) is 17.6 Å². The van der Waals surface area contributed by atoms with Gasteiger partial charge < -0.3 is 4.90 Å². The molecule has 21 heavy (non-hydrogen) atoms. The van der Waals surface area contributed by atoms with Crippen LogP contribution in [0.1, 0.15) is 35.5 Å². The van der Waals surface area contributed by atoms with E-state index in [0.29, 0.717) is 6.42 Å². The van der Waals surface area contributed by atoms with Gasteiger partial charge in [0.2, 0.25) is 5.91 Å². The monoisotopic (exact) mass is 300 g/mol. The van der Waals surface area contributed by atoms with Crippen molar-refractivity contribution in [3.63, 3.8) is 0 Å². The molecule has 0 saturated heterocycles. The van der Waals surface area contributed by atoms with Gasteiger partial charge in [-0.2, -0.15) is 0 Å². The lowest BCUT2D eigenvalue weighted by Crippen LogP contribution is -2.35. The number of hydrogen-bond acceptors (Lipinski definition) is 3. The molecule has 0 N–H and O–H groups in total. The van der Waals surface area contributed by atoms with Gasteiger partial charge in [0, 0.05) is 24.0 Å². The molecule has 0 spiro atoms. The summed E-state index contributed by atoms with van der Waals surface area (Å²) in [5, 5.41) is 3.19. The average Bonchev–Trinajstić information content (AvgIpc) is 2.92. The van der Waals surface area contributed by atoms with Crippen molar-refractivity contribution in [1.29, 1.82) is 0 Å². The fourth-order valence-corrected chi connectivity index (χ4v) is 3.52. The molecular weight excluding hydrogens is 280 g/mol. The second-order valence-electron chi connectivity index (χ2n) is 5.49. The van der Waals surface area contributed by atoms with Gasteiger partial charge in [-0.3, -0.25) is 4.79 Å². The fourth-order valence-electron chi connectivity index (χ4n) is 2.87. The normalized spacial score (nSPS) is 14.0. The van der Waals surface area contributed by atoms with Crippen molar-refractivity contribution in [2.45, 2.75) is 39.0 Å². The second-order valence-corrected chi connectivity index (χ2v) is 6.55. The minimum atomic E-state index is 0.245. The highest BCUT2D eigenvalue weighted by Gasteiger charge is 2.21. The quantitative estimate of drug-likeness (QED) is 0.861. The van der Waals surface area contributed by atoms with E-state index in [9.17, 15) is 4.79 Å². The van der Waals surface area contributed by atoms with Crippen LogP contribution in [0.3, 0.4) is 0 Å². The van der Waals surface area contributed by atoms with Gasteiger partial charge in [0.1, 0.15) is 0 Å². The minimum absolute atomic E-state index is 0.245. The van der Waals surface area contributed by atoms with E-state index < -0.39 is 0 Å². The number of amides is 1. The van der Waals surface area contributed by atoms with Crippen molar-refractivity contribution >= 4 is 22.9 Å². The van der Waals surface area contributed by atoms with E-state index in [1.807, 2.05) is 17.9 Å². The Morgan fingerprint density at radius 2 is 2.24 bits per heavy atom. The number of aromatic nitrogens is 1. The molecule has 1 aromatic heterocycles. The first-order chi connectivity index (χ1) is 10.2. The third-order valence-electron chi connectivity index (χ3n) is 3.90. The van der Waals surface area contributed by atoms with E-state index in [1.54, 1.807) is 11.3 Å². The highest BCUT2D eigenvalue weighted by molar-refractivity contribution is 7.09. The first kappa shape index (κ1) is 14.3. The van der Waals surface area contributed by atoms with Crippen molar-refractivity contribution in [2.24, 2.45) is 0 Å². The first-order valence-electron chi connectivity index (χ1n) is 7.53. The number of para-hydroxylation sites is 1. The molecule has 1 aromatic carbocycles. The van der Waals surface area contributed by atoms with E-state index in [0.717, 1.165) is 48.6 Å². The molecule has 0 bridgehead atoms. The summed E-state index contributed by atoms with van der Waals surface area (Å²) >= 11 is 1.68. The van der Waals surface area contributed by atoms with Gasteiger partial charge >= 0.3 is 0 Å². The van der Waals surface area contributed by atoms with Crippen molar-refractivity contribution in [3.05, 3.63) is 45.9 Å². The molecule has 1 amide bonds. The number of fused-ring (bicyclic) bond motifs is 1. The number of nitrogens with zero attached hydrogens (tertiary/aromatic N) is 2. The molecule has 0 atom stereocenters. The van der Waals surface area contributed by atoms with E-state index in [1.165, 1.54) is 5.56 Å². The zero-order valence-electron chi connectivity index (χ0n) is 12.3. The number of carbonyl (C=O) groups excluding carboxylic acids is 1. The molecule has 0 fully saturated rings. The number of benzene rings is 1. The first-order valence-corrected chi connectivity index (χ1v) is 8.41. The summed E-state index contributed by atoms with van der Waals surface area (Å²) in [5.74, 6) is 0.245. The van der Waals surface area contributed by atoms with E-state index in [4.69, 9.17) is 0 Å². The van der Waals surface area contributed by atoms with Crippen LogP contribution in [0.15, 0.2) is 29.6 Å². The lowest BCUT2D eigenvalue weighted by molar-refractivity contribution is -0.118. The molecule has 1 aliphatic heterocycles. The Kier molecular flexibility index (Phi) is 4.34. The van der Waals surface area contributed by atoms with Crippen molar-refractivity contribution in [2.75, 3.05) is 11.4 Å². The van der Waals surface area contributed by atoms with Crippen LogP contribution in [0.25, 0.3) is 0 Å². The maximum Gasteiger partial charge on any atom is 0.226 e. The van der Waals surface area contributed by atoms with Crippen molar-refractivity contribution in [3.8, 4) is 0 Å². The van der Waals surface area contributed by atoms with Crippen LogP contribution >= 0.6 is 11.3 Å². The van der Waals surface area contributed by atoms with Crippen LogP contribution in [0.2, 0.25) is 0 Å². The molecular formula is C17H20N2OS. The molecule has 3 nitrogen and oxygen atoms in total. The van der Waals surface area contributed by atoms with Gasteiger partial charge in [-0.15, -0.1) is 11.3 Å². The zero-order valence-corrected chi connectivity index (χ0v) is 13.2. The highest BCUT2D eigenvalue weighted by Crippen LogP contribution is 2.27. The average molecular weight is 300 g/mol. The van der Waals surface area contributed by atoms with Gasteiger partial charge in [-0.25, -0.2) is 4.98 Å². The predicted molar refractivity (Wildman–Crippen MR) is 86.9 cm³/mol. The summed E-state index contributed by atoms with van der Waals surface area (Å²) in [4.78, 5) is 18.9. The number of hydrogen-bond donors (Lipinski definition) is 0. The van der Waals surface area contributed by atoms with Crippen LogP contribution < -0.4 is 4.90 Å². The lowest BCUT2D eigenvalue weighted by atomic mass is 10.0. The molecule has 1 aliphatic rings. The Balaban J connectivity index is 1.59. The maximum atomic E-state index is 12.5. The number of thiazole rings is 1. The molecule has 0 aliphatic carbocycles.